The molecule has 1 atom stereocenters. The molecule has 1 aliphatic rings. The van der Waals surface area contributed by atoms with E-state index in [2.05, 4.69) is 0 Å². The largest absolute Gasteiger partial charge is 0.450 e. The van der Waals surface area contributed by atoms with Crippen LogP contribution < -0.4 is 0 Å². The monoisotopic (exact) mass is 381 g/mol. The van der Waals surface area contributed by atoms with Crippen molar-refractivity contribution in [3.63, 3.8) is 0 Å². The van der Waals surface area contributed by atoms with Gasteiger partial charge in [-0.05, 0) is 31.4 Å². The molecule has 1 N–H and O–H groups in total. The number of hydrogen-bond donors (Lipinski definition) is 1. The number of benzene rings is 1. The third kappa shape index (κ3) is 5.09. The zero-order chi connectivity index (χ0) is 39.9. The van der Waals surface area contributed by atoms with Crippen LogP contribution in [0.2, 0.25) is 0 Å². The second-order valence-electron chi connectivity index (χ2n) is 4.56. The maximum atomic E-state index is 13.9. The molecule has 1 saturated carbocycles. The lowest BCUT2D eigenvalue weighted by atomic mass is 9.73. The van der Waals surface area contributed by atoms with Gasteiger partial charge in [0.2, 0.25) is 0 Å². The zero-order valence-electron chi connectivity index (χ0n) is 37.3. The van der Waals surface area contributed by atoms with E-state index < -0.39 is 125 Å². The summed E-state index contributed by atoms with van der Waals surface area (Å²) in [6.07, 6.45) is -21.9. The summed E-state index contributed by atoms with van der Waals surface area (Å²) in [5.74, 6) is -3.60. The number of ether oxygens (including phenoxy) is 1. The topological polar surface area (TPSA) is 49.8 Å². The Labute approximate surface area is 191 Å². The standard InChI is InChI=1S/C22H31NO3/c1-3-23(4-2)17-11-12-18-26-21(24)22(25,19-13-7-5-8-14-19)20-15-9-6-10-16-20/h5,7-8,13-14,20,25H,3-4,6,9-10,15-18H2,1-2H3/i1D3,2D3,5D,6D2,7D,8D,9D2,10D2,13D,14D,15D2,16D2,17D2,20D. The maximum absolute atomic E-state index is 13.9. The minimum absolute atomic E-state index is 0.298. The number of carbonyl (C=O) groups excluding carboxylic acids is 1. The molecule has 0 radical (unpaired) electrons. The normalized spacial score (nSPS) is 43.2. The van der Waals surface area contributed by atoms with Crippen molar-refractivity contribution in [1.82, 2.24) is 4.90 Å². The fourth-order valence-electron chi connectivity index (χ4n) is 1.69. The summed E-state index contributed by atoms with van der Waals surface area (Å²) in [4.78, 5) is 14.2. The smallest absolute Gasteiger partial charge is 0.344 e. The Hall–Kier alpha value is -1.83. The summed E-state index contributed by atoms with van der Waals surface area (Å²) in [5, 5.41) is 12.1. The molecule has 0 aromatic heterocycles. The van der Waals surface area contributed by atoms with Crippen LogP contribution in [0.15, 0.2) is 30.2 Å². The minimum atomic E-state index is -4.73. The van der Waals surface area contributed by atoms with Crippen LogP contribution in [-0.2, 0) is 15.1 Å². The second kappa shape index (κ2) is 10.4. The first-order valence-electron chi connectivity index (χ1n) is 19.1. The predicted molar refractivity (Wildman–Crippen MR) is 103 cm³/mol. The summed E-state index contributed by atoms with van der Waals surface area (Å²) >= 11 is 0. The summed E-state index contributed by atoms with van der Waals surface area (Å²) in [7, 11) is 0. The Morgan fingerprint density at radius 1 is 1.38 bits per heavy atom. The van der Waals surface area contributed by atoms with Gasteiger partial charge in [0.1, 0.15) is 0 Å². The lowest BCUT2D eigenvalue weighted by Gasteiger charge is -2.36. The molecule has 1 unspecified atom stereocenters. The SMILES string of the molecule is [2H]c1c([2H])c([2H])c(C(O)(C(=O)OCC#CC([2H])([2H])N(CC([2H])([2H])[2H])CC([2H])([2H])[2H])C2([2H])C([2H])([2H])C([2H])([2H])C([2H])([2H])C([2H])([2H])C2([2H])[2H])c([2H])c1[2H]. The van der Waals surface area contributed by atoms with Crippen molar-refractivity contribution >= 4 is 5.97 Å². The molecule has 0 bridgehead atoms. The van der Waals surface area contributed by atoms with E-state index in [1.165, 1.54) is 0 Å². The molecule has 1 aromatic rings. The number of esters is 1. The average molecular weight is 382 g/mol. The number of carbonyl (C=O) groups is 1. The summed E-state index contributed by atoms with van der Waals surface area (Å²) in [6, 6.07) is -7.06. The van der Waals surface area contributed by atoms with Gasteiger partial charge >= 0.3 is 5.97 Å². The highest BCUT2D eigenvalue weighted by Crippen LogP contribution is 2.40. The van der Waals surface area contributed by atoms with E-state index in [-0.39, 0.29) is 0 Å². The second-order valence-corrected chi connectivity index (χ2v) is 4.56. The highest BCUT2D eigenvalue weighted by atomic mass is 16.5. The Kier molecular flexibility index (Phi) is 2.14. The van der Waals surface area contributed by atoms with Crippen LogP contribution in [0, 0.1) is 17.7 Å². The molecule has 4 heteroatoms. The Bertz CT molecular complexity index is 1490. The van der Waals surface area contributed by atoms with Crippen molar-refractivity contribution in [2.24, 2.45) is 5.89 Å². The molecular formula is C22H31NO3. The van der Waals surface area contributed by atoms with Crippen molar-refractivity contribution in [1.29, 1.82) is 0 Å². The van der Waals surface area contributed by atoms with Gasteiger partial charge in [-0.15, -0.1) is 0 Å². The van der Waals surface area contributed by atoms with Crippen LogP contribution in [0.25, 0.3) is 0 Å². The summed E-state index contributed by atoms with van der Waals surface area (Å²) < 4.78 is 198. The Morgan fingerprint density at radius 3 is 2.73 bits per heavy atom. The molecular weight excluding hydrogens is 326 g/mol. The molecule has 26 heavy (non-hydrogen) atoms. The minimum Gasteiger partial charge on any atom is -0.450 e. The molecule has 142 valence electrons. The van der Waals surface area contributed by atoms with Crippen molar-refractivity contribution < 1.29 is 47.5 Å². The van der Waals surface area contributed by atoms with Crippen LogP contribution in [0.4, 0.5) is 0 Å². The highest BCUT2D eigenvalue weighted by Gasteiger charge is 2.46. The molecule has 0 spiro atoms. The molecule has 0 aliphatic heterocycles. The van der Waals surface area contributed by atoms with Crippen LogP contribution in [0.5, 0.6) is 0 Å². The van der Waals surface area contributed by atoms with Crippen LogP contribution in [0.1, 0.15) is 84.0 Å². The van der Waals surface area contributed by atoms with Gasteiger partial charge in [0.05, 0.1) is 16.1 Å². The summed E-state index contributed by atoms with van der Waals surface area (Å²) in [5.41, 5.74) is -6.45. The van der Waals surface area contributed by atoms with E-state index in [0.29, 0.717) is 4.90 Å². The fraction of sp³-hybridized carbons (Fsp3) is 0.591. The van der Waals surface area contributed by atoms with Crippen molar-refractivity contribution in [3.05, 3.63) is 35.8 Å². The van der Waals surface area contributed by atoms with Crippen molar-refractivity contribution in [3.8, 4) is 11.8 Å². The molecule has 1 fully saturated rings. The fourth-order valence-corrected chi connectivity index (χ4v) is 1.69. The average Bonchev–Trinajstić information content (AvgIpc) is 2.93. The Morgan fingerprint density at radius 2 is 2.08 bits per heavy atom. The van der Waals surface area contributed by atoms with Gasteiger partial charge in [-0.25, -0.2) is 4.79 Å². The van der Waals surface area contributed by atoms with E-state index in [9.17, 15) is 9.90 Å². The first-order chi connectivity index (χ1) is 21.9. The number of aliphatic hydroxyl groups is 1. The summed E-state index contributed by atoms with van der Waals surface area (Å²) in [6.45, 7) is -12.7. The maximum Gasteiger partial charge on any atom is 0.344 e. The number of rotatable bonds is 7. The van der Waals surface area contributed by atoms with Gasteiger partial charge in [-0.2, -0.15) is 0 Å². The predicted octanol–water partition coefficient (Wildman–Crippen LogP) is 3.34. The third-order valence-corrected chi connectivity index (χ3v) is 2.98. The van der Waals surface area contributed by atoms with Gasteiger partial charge in [-0.1, -0.05) is 74.9 Å². The third-order valence-electron chi connectivity index (χ3n) is 2.98. The molecule has 1 aliphatic carbocycles. The van der Waals surface area contributed by atoms with Gasteiger partial charge in [0.15, 0.2) is 12.2 Å². The highest BCUT2D eigenvalue weighted by molar-refractivity contribution is 5.81. The van der Waals surface area contributed by atoms with Crippen molar-refractivity contribution in [2.75, 3.05) is 26.2 Å². The molecule has 4 nitrogen and oxygen atoms in total. The van der Waals surface area contributed by atoms with Crippen molar-refractivity contribution in [2.45, 2.75) is 51.2 Å². The van der Waals surface area contributed by atoms with Gasteiger partial charge in [0, 0.05) is 29.2 Å². The number of hydrogen-bond acceptors (Lipinski definition) is 4. The first kappa shape index (κ1) is 5.37. The van der Waals surface area contributed by atoms with Gasteiger partial charge < -0.3 is 9.84 Å². The first-order valence-corrected chi connectivity index (χ1v) is 7.09. The van der Waals surface area contributed by atoms with Crippen LogP contribution in [-0.4, -0.2) is 42.2 Å². The van der Waals surface area contributed by atoms with E-state index >= 15 is 0 Å². The molecule has 0 saturated heterocycles. The van der Waals surface area contributed by atoms with E-state index in [4.69, 9.17) is 37.6 Å². The lowest BCUT2D eigenvalue weighted by molar-refractivity contribution is -0.174. The zero-order valence-corrected chi connectivity index (χ0v) is 13.3. The van der Waals surface area contributed by atoms with E-state index in [0.717, 1.165) is 0 Å². The Balaban J connectivity index is 2.94. The van der Waals surface area contributed by atoms with E-state index in [1.807, 2.05) is 5.92 Å². The molecule has 0 amide bonds. The van der Waals surface area contributed by atoms with Gasteiger partial charge in [-0.3, -0.25) is 4.90 Å². The van der Waals surface area contributed by atoms with Crippen LogP contribution >= 0.6 is 0 Å². The number of nitrogens with zero attached hydrogens (tertiary/aromatic N) is 1. The molecule has 1 aromatic carbocycles. The van der Waals surface area contributed by atoms with Crippen LogP contribution in [0.3, 0.4) is 0 Å². The van der Waals surface area contributed by atoms with E-state index in [1.54, 1.807) is 5.92 Å². The quantitative estimate of drug-likeness (QED) is 0.581. The van der Waals surface area contributed by atoms with Gasteiger partial charge in [0.25, 0.3) is 0 Å². The molecule has 0 heterocycles. The lowest BCUT2D eigenvalue weighted by Crippen LogP contribution is -2.45. The molecule has 2 rings (SSSR count).